The summed E-state index contributed by atoms with van der Waals surface area (Å²) in [6.07, 6.45) is 1.09. The highest BCUT2D eigenvalue weighted by molar-refractivity contribution is 5.94. The highest BCUT2D eigenvalue weighted by Gasteiger charge is 2.28. The average Bonchev–Trinajstić information content (AvgIpc) is 3.22. The van der Waals surface area contributed by atoms with Crippen molar-refractivity contribution in [3.8, 4) is 0 Å². The molecule has 8 nitrogen and oxygen atoms in total. The van der Waals surface area contributed by atoms with Gasteiger partial charge in [0.2, 0.25) is 0 Å². The number of carbonyl (C=O) groups excluding carboxylic acids is 1. The summed E-state index contributed by atoms with van der Waals surface area (Å²) in [5.41, 5.74) is 1.08. The molecule has 2 aromatic carbocycles. The standard InChI is InChI=1S/C23H20F2N6O2/c24-16-6-7-17(18(25)12-16)23(33)30-10-8-15(9-11-30)20-26-21-19(22(32)27-20)28-29-31(21)13-14-4-2-1-3-5-14/h1-7,12,15H,8-11,13H2,(H,26,27,32). The summed E-state index contributed by atoms with van der Waals surface area (Å²) >= 11 is 0. The van der Waals surface area contributed by atoms with Gasteiger partial charge in [0.1, 0.15) is 17.5 Å². The lowest BCUT2D eigenvalue weighted by Gasteiger charge is -2.31. The van der Waals surface area contributed by atoms with Crippen molar-refractivity contribution < 1.29 is 13.6 Å². The quantitative estimate of drug-likeness (QED) is 0.516. The molecular formula is C23H20F2N6O2. The minimum atomic E-state index is -0.877. The first kappa shape index (κ1) is 20.9. The Labute approximate surface area is 186 Å². The molecule has 0 spiro atoms. The van der Waals surface area contributed by atoms with E-state index in [9.17, 15) is 18.4 Å². The molecule has 1 saturated heterocycles. The lowest BCUT2D eigenvalue weighted by molar-refractivity contribution is 0.0706. The molecule has 3 heterocycles. The molecule has 33 heavy (non-hydrogen) atoms. The summed E-state index contributed by atoms with van der Waals surface area (Å²) in [6.45, 7) is 1.16. The average molecular weight is 450 g/mol. The summed E-state index contributed by atoms with van der Waals surface area (Å²) < 4.78 is 28.8. The first-order chi connectivity index (χ1) is 16.0. The van der Waals surface area contributed by atoms with Crippen LogP contribution in [0, 0.1) is 11.6 Å². The van der Waals surface area contributed by atoms with E-state index in [1.807, 2.05) is 30.3 Å². The molecule has 0 aliphatic carbocycles. The van der Waals surface area contributed by atoms with Crippen molar-refractivity contribution >= 4 is 17.1 Å². The molecular weight excluding hydrogens is 430 g/mol. The molecule has 0 unspecified atom stereocenters. The Morgan fingerprint density at radius 1 is 1.09 bits per heavy atom. The zero-order valence-electron chi connectivity index (χ0n) is 17.5. The number of aromatic nitrogens is 5. The van der Waals surface area contributed by atoms with Gasteiger partial charge < -0.3 is 9.88 Å². The fourth-order valence-corrected chi connectivity index (χ4v) is 4.13. The summed E-state index contributed by atoms with van der Waals surface area (Å²) in [6, 6.07) is 12.6. The Bertz CT molecular complexity index is 1380. The van der Waals surface area contributed by atoms with Crippen molar-refractivity contribution in [1.82, 2.24) is 29.9 Å². The summed E-state index contributed by atoms with van der Waals surface area (Å²) in [7, 11) is 0. The van der Waals surface area contributed by atoms with Gasteiger partial charge in [0.15, 0.2) is 11.2 Å². The van der Waals surface area contributed by atoms with E-state index in [1.165, 1.54) is 4.90 Å². The van der Waals surface area contributed by atoms with Crippen molar-refractivity contribution in [2.45, 2.75) is 25.3 Å². The second kappa shape index (κ2) is 8.53. The summed E-state index contributed by atoms with van der Waals surface area (Å²) in [5.74, 6) is -1.65. The van der Waals surface area contributed by atoms with E-state index in [-0.39, 0.29) is 22.6 Å². The Kier molecular flexibility index (Phi) is 5.41. The first-order valence-electron chi connectivity index (χ1n) is 10.6. The molecule has 168 valence electrons. The third kappa shape index (κ3) is 4.11. The van der Waals surface area contributed by atoms with Crippen LogP contribution in [0.15, 0.2) is 53.3 Å². The van der Waals surface area contributed by atoms with E-state index in [0.29, 0.717) is 50.0 Å². The third-order valence-electron chi connectivity index (χ3n) is 5.90. The van der Waals surface area contributed by atoms with Crippen LogP contribution in [0.1, 0.15) is 40.5 Å². The van der Waals surface area contributed by atoms with Crippen molar-refractivity contribution in [3.05, 3.63) is 87.5 Å². The lowest BCUT2D eigenvalue weighted by Crippen LogP contribution is -2.38. The van der Waals surface area contributed by atoms with Gasteiger partial charge in [-0.25, -0.2) is 18.4 Å². The van der Waals surface area contributed by atoms with E-state index in [4.69, 9.17) is 0 Å². The third-order valence-corrected chi connectivity index (χ3v) is 5.90. The van der Waals surface area contributed by atoms with Crippen LogP contribution < -0.4 is 5.56 Å². The number of H-pyrrole nitrogens is 1. The van der Waals surface area contributed by atoms with Crippen LogP contribution in [0.2, 0.25) is 0 Å². The number of nitrogens with one attached hydrogen (secondary N) is 1. The highest BCUT2D eigenvalue weighted by Crippen LogP contribution is 2.27. The first-order valence-corrected chi connectivity index (χ1v) is 10.6. The van der Waals surface area contributed by atoms with Crippen molar-refractivity contribution in [1.29, 1.82) is 0 Å². The summed E-state index contributed by atoms with van der Waals surface area (Å²) in [5, 5.41) is 8.07. The van der Waals surface area contributed by atoms with Crippen LogP contribution >= 0.6 is 0 Å². The van der Waals surface area contributed by atoms with Crippen molar-refractivity contribution in [2.24, 2.45) is 0 Å². The van der Waals surface area contributed by atoms with E-state index >= 15 is 0 Å². The maximum atomic E-state index is 14.0. The summed E-state index contributed by atoms with van der Waals surface area (Å²) in [4.78, 5) is 34.2. The number of hydrogen-bond donors (Lipinski definition) is 1. The maximum Gasteiger partial charge on any atom is 0.281 e. The van der Waals surface area contributed by atoms with Crippen LogP contribution in [-0.4, -0.2) is 48.9 Å². The van der Waals surface area contributed by atoms with Crippen LogP contribution in [-0.2, 0) is 6.54 Å². The predicted molar refractivity (Wildman–Crippen MR) is 116 cm³/mol. The fraction of sp³-hybridized carbons (Fsp3) is 0.261. The Hall–Kier alpha value is -3.95. The topological polar surface area (TPSA) is 96.8 Å². The number of likely N-dealkylation sites (tertiary alicyclic amines) is 1. The fourth-order valence-electron chi connectivity index (χ4n) is 4.13. The molecule has 1 aliphatic heterocycles. The SMILES string of the molecule is O=C(c1ccc(F)cc1F)N1CCC(c2nc3c(nnn3Cc3ccccc3)c(=O)[nH]2)CC1. The number of fused-ring (bicyclic) bond motifs is 1. The molecule has 5 rings (SSSR count). The molecule has 4 aromatic rings. The van der Waals surface area contributed by atoms with Crippen LogP contribution in [0.4, 0.5) is 8.78 Å². The van der Waals surface area contributed by atoms with E-state index < -0.39 is 17.5 Å². The molecule has 1 amide bonds. The Morgan fingerprint density at radius 2 is 1.85 bits per heavy atom. The number of hydrogen-bond acceptors (Lipinski definition) is 5. The maximum absolute atomic E-state index is 14.0. The molecule has 2 aromatic heterocycles. The number of rotatable bonds is 4. The van der Waals surface area contributed by atoms with Crippen LogP contribution in [0.5, 0.6) is 0 Å². The second-order valence-corrected chi connectivity index (χ2v) is 8.05. The molecule has 0 radical (unpaired) electrons. The zero-order chi connectivity index (χ0) is 22.9. The normalized spacial score (nSPS) is 14.7. The van der Waals surface area contributed by atoms with E-state index in [2.05, 4.69) is 20.3 Å². The molecule has 1 fully saturated rings. The van der Waals surface area contributed by atoms with Gasteiger partial charge in [0, 0.05) is 25.1 Å². The van der Waals surface area contributed by atoms with Gasteiger partial charge in [-0.2, -0.15) is 0 Å². The van der Waals surface area contributed by atoms with Gasteiger partial charge in [-0.3, -0.25) is 9.59 Å². The van der Waals surface area contributed by atoms with Gasteiger partial charge >= 0.3 is 0 Å². The Balaban J connectivity index is 1.34. The smallest absolute Gasteiger partial charge is 0.281 e. The van der Waals surface area contributed by atoms with Crippen LogP contribution in [0.25, 0.3) is 11.2 Å². The number of piperidine rings is 1. The lowest BCUT2D eigenvalue weighted by atomic mass is 9.95. The van der Waals surface area contributed by atoms with Gasteiger partial charge in [-0.15, -0.1) is 5.10 Å². The number of carbonyl (C=O) groups is 1. The molecule has 1 N–H and O–H groups in total. The van der Waals surface area contributed by atoms with E-state index in [1.54, 1.807) is 4.68 Å². The van der Waals surface area contributed by atoms with Gasteiger partial charge in [0.05, 0.1) is 12.1 Å². The monoisotopic (exact) mass is 450 g/mol. The Morgan fingerprint density at radius 3 is 2.58 bits per heavy atom. The zero-order valence-corrected chi connectivity index (χ0v) is 17.5. The van der Waals surface area contributed by atoms with Gasteiger partial charge in [-0.1, -0.05) is 35.5 Å². The minimum Gasteiger partial charge on any atom is -0.339 e. The molecule has 1 aliphatic rings. The molecule has 0 atom stereocenters. The van der Waals surface area contributed by atoms with Crippen LogP contribution in [0.3, 0.4) is 0 Å². The number of nitrogens with zero attached hydrogens (tertiary/aromatic N) is 5. The predicted octanol–water partition coefficient (Wildman–Crippen LogP) is 2.86. The number of amides is 1. The highest BCUT2D eigenvalue weighted by atomic mass is 19.1. The second-order valence-electron chi connectivity index (χ2n) is 8.05. The number of halogens is 2. The molecule has 0 saturated carbocycles. The van der Waals surface area contributed by atoms with Crippen molar-refractivity contribution in [3.63, 3.8) is 0 Å². The number of aromatic amines is 1. The molecule has 10 heteroatoms. The number of benzene rings is 2. The molecule has 0 bridgehead atoms. The minimum absolute atomic E-state index is 0.0794. The van der Waals surface area contributed by atoms with Gasteiger partial charge in [0.25, 0.3) is 11.5 Å². The van der Waals surface area contributed by atoms with Crippen molar-refractivity contribution in [2.75, 3.05) is 13.1 Å². The van der Waals surface area contributed by atoms with E-state index in [0.717, 1.165) is 17.7 Å². The largest absolute Gasteiger partial charge is 0.339 e. The van der Waals surface area contributed by atoms with Gasteiger partial charge in [-0.05, 0) is 30.5 Å².